The van der Waals surface area contributed by atoms with Crippen LogP contribution in [0.4, 0.5) is 5.82 Å². The number of aromatic nitrogens is 2. The summed E-state index contributed by atoms with van der Waals surface area (Å²) in [5, 5.41) is 5.45. The van der Waals surface area contributed by atoms with Gasteiger partial charge < -0.3 is 10.1 Å². The molecule has 5 nitrogen and oxygen atoms in total. The van der Waals surface area contributed by atoms with Crippen LogP contribution < -0.4 is 10.1 Å². The molecular formula is C28H24BrN3O2. The molecule has 5 aromatic rings. The first-order valence-electron chi connectivity index (χ1n) is 11.0. The van der Waals surface area contributed by atoms with Crippen LogP contribution in [-0.4, -0.2) is 20.9 Å². The first-order chi connectivity index (χ1) is 16.3. The summed E-state index contributed by atoms with van der Waals surface area (Å²) in [6.45, 7) is 6.32. The smallest absolute Gasteiger partial charge is 0.344 e. The molecule has 2 heterocycles. The van der Waals surface area contributed by atoms with Gasteiger partial charge in [0.15, 0.2) is 0 Å². The van der Waals surface area contributed by atoms with E-state index in [2.05, 4.69) is 42.0 Å². The zero-order chi connectivity index (χ0) is 23.9. The Morgan fingerprint density at radius 2 is 1.74 bits per heavy atom. The Morgan fingerprint density at radius 1 is 0.971 bits per heavy atom. The normalized spacial score (nSPS) is 11.6. The predicted octanol–water partition coefficient (Wildman–Crippen LogP) is 7.35. The number of fused-ring (bicyclic) bond motifs is 2. The molecule has 0 amide bonds. The highest BCUT2D eigenvalue weighted by molar-refractivity contribution is 9.10. The first-order valence-corrected chi connectivity index (χ1v) is 11.8. The minimum atomic E-state index is -0.388. The van der Waals surface area contributed by atoms with Crippen molar-refractivity contribution >= 4 is 44.1 Å². The third-order valence-corrected chi connectivity index (χ3v) is 5.87. The van der Waals surface area contributed by atoms with Crippen molar-refractivity contribution in [2.75, 3.05) is 5.32 Å². The summed E-state index contributed by atoms with van der Waals surface area (Å²) < 4.78 is 8.79. The maximum atomic E-state index is 13.0. The first kappa shape index (κ1) is 22.2. The van der Waals surface area contributed by atoms with Crippen LogP contribution in [0.3, 0.4) is 0 Å². The number of benzene rings is 3. The van der Waals surface area contributed by atoms with Crippen LogP contribution >= 0.6 is 15.9 Å². The van der Waals surface area contributed by atoms with Gasteiger partial charge in [-0.25, -0.2) is 9.78 Å². The third kappa shape index (κ3) is 4.41. The molecule has 0 atom stereocenters. The van der Waals surface area contributed by atoms with Gasteiger partial charge in [-0.15, -0.1) is 0 Å². The number of imidazole rings is 1. The van der Waals surface area contributed by atoms with Gasteiger partial charge >= 0.3 is 5.97 Å². The number of hydrogen-bond acceptors (Lipinski definition) is 4. The number of carbonyl (C=O) groups is 1. The number of carbonyl (C=O) groups excluding carboxylic acids is 1. The molecule has 0 bridgehead atoms. The minimum Gasteiger partial charge on any atom is -0.423 e. The lowest BCUT2D eigenvalue weighted by Gasteiger charge is -2.22. The van der Waals surface area contributed by atoms with Crippen molar-refractivity contribution in [3.05, 3.63) is 95.1 Å². The largest absolute Gasteiger partial charge is 0.423 e. The number of nitrogens with one attached hydrogen (secondary N) is 1. The Balaban J connectivity index is 1.53. The van der Waals surface area contributed by atoms with Gasteiger partial charge in [0.2, 0.25) is 0 Å². The lowest BCUT2D eigenvalue weighted by atomic mass is 10.0. The Bertz CT molecular complexity index is 1530. The molecule has 3 aromatic carbocycles. The summed E-state index contributed by atoms with van der Waals surface area (Å²) >= 11 is 3.56. The van der Waals surface area contributed by atoms with Crippen LogP contribution in [0.5, 0.6) is 5.75 Å². The highest BCUT2D eigenvalue weighted by Crippen LogP contribution is 2.33. The maximum Gasteiger partial charge on any atom is 0.344 e. The summed E-state index contributed by atoms with van der Waals surface area (Å²) in [5.41, 5.74) is 2.83. The van der Waals surface area contributed by atoms with Crippen LogP contribution in [0.15, 0.2) is 89.5 Å². The standard InChI is InChI=1S/C28H24BrN3O2/c1-28(2,3)31-26-25(30-24-15-14-20(29)17-32(24)26)19-10-6-11-21(16-19)34-27(33)23-13-7-9-18-8-4-5-12-22(18)23/h4-17,31H,1-3H3. The highest BCUT2D eigenvalue weighted by atomic mass is 79.9. The minimum absolute atomic E-state index is 0.175. The van der Waals surface area contributed by atoms with E-state index in [9.17, 15) is 4.79 Å². The molecule has 170 valence electrons. The van der Waals surface area contributed by atoms with Crippen LogP contribution in [0.25, 0.3) is 27.7 Å². The van der Waals surface area contributed by atoms with Gasteiger partial charge in [0.05, 0.1) is 5.56 Å². The Morgan fingerprint density at radius 3 is 2.56 bits per heavy atom. The van der Waals surface area contributed by atoms with E-state index in [1.54, 1.807) is 12.1 Å². The van der Waals surface area contributed by atoms with E-state index in [1.165, 1.54) is 0 Å². The zero-order valence-corrected chi connectivity index (χ0v) is 20.8. The second-order valence-corrected chi connectivity index (χ2v) is 10.1. The number of hydrogen-bond donors (Lipinski definition) is 1. The molecule has 0 saturated heterocycles. The fraction of sp³-hybridized carbons (Fsp3) is 0.143. The second kappa shape index (κ2) is 8.61. The Kier molecular flexibility index (Phi) is 5.62. The monoisotopic (exact) mass is 513 g/mol. The fourth-order valence-electron chi connectivity index (χ4n) is 3.97. The van der Waals surface area contributed by atoms with E-state index in [4.69, 9.17) is 9.72 Å². The van der Waals surface area contributed by atoms with E-state index < -0.39 is 0 Å². The lowest BCUT2D eigenvalue weighted by Crippen LogP contribution is -2.27. The van der Waals surface area contributed by atoms with E-state index >= 15 is 0 Å². The van der Waals surface area contributed by atoms with Gasteiger partial charge in [0.1, 0.15) is 22.9 Å². The Labute approximate surface area is 206 Å². The number of esters is 1. The molecule has 0 unspecified atom stereocenters. The topological polar surface area (TPSA) is 55.6 Å². The van der Waals surface area contributed by atoms with Gasteiger partial charge in [0, 0.05) is 21.8 Å². The molecule has 2 aromatic heterocycles. The number of anilines is 1. The molecule has 0 radical (unpaired) electrons. The molecule has 0 spiro atoms. The van der Waals surface area contributed by atoms with Crippen molar-refractivity contribution in [1.29, 1.82) is 0 Å². The van der Waals surface area contributed by atoms with Gasteiger partial charge in [-0.3, -0.25) is 4.40 Å². The van der Waals surface area contributed by atoms with Crippen molar-refractivity contribution in [1.82, 2.24) is 9.38 Å². The van der Waals surface area contributed by atoms with Crippen molar-refractivity contribution in [3.8, 4) is 17.0 Å². The summed E-state index contributed by atoms with van der Waals surface area (Å²) in [6, 6.07) is 24.9. The summed E-state index contributed by atoms with van der Waals surface area (Å²) in [5.74, 6) is 0.956. The number of ether oxygens (including phenoxy) is 1. The average Bonchev–Trinajstić information content (AvgIpc) is 3.15. The van der Waals surface area contributed by atoms with Crippen LogP contribution in [0, 0.1) is 0 Å². The molecule has 0 fully saturated rings. The molecule has 0 aliphatic carbocycles. The molecule has 34 heavy (non-hydrogen) atoms. The van der Waals surface area contributed by atoms with Gasteiger partial charge in [-0.05, 0) is 77.8 Å². The molecule has 5 rings (SSSR count). The summed E-state index contributed by atoms with van der Waals surface area (Å²) in [6.07, 6.45) is 1.99. The maximum absolute atomic E-state index is 13.0. The molecule has 0 aliphatic heterocycles. The van der Waals surface area contributed by atoms with Crippen LogP contribution in [0.2, 0.25) is 0 Å². The molecule has 0 saturated carbocycles. The molecule has 0 aliphatic rings. The summed E-state index contributed by atoms with van der Waals surface area (Å²) in [4.78, 5) is 17.9. The molecular weight excluding hydrogens is 490 g/mol. The van der Waals surface area contributed by atoms with Gasteiger partial charge in [-0.1, -0.05) is 48.5 Å². The van der Waals surface area contributed by atoms with E-state index in [0.29, 0.717) is 11.3 Å². The van der Waals surface area contributed by atoms with Gasteiger partial charge in [0.25, 0.3) is 0 Å². The van der Waals surface area contributed by atoms with Crippen molar-refractivity contribution in [2.24, 2.45) is 0 Å². The zero-order valence-electron chi connectivity index (χ0n) is 19.2. The van der Waals surface area contributed by atoms with E-state index in [1.807, 2.05) is 77.3 Å². The van der Waals surface area contributed by atoms with Crippen molar-refractivity contribution < 1.29 is 9.53 Å². The third-order valence-electron chi connectivity index (χ3n) is 5.40. The van der Waals surface area contributed by atoms with Crippen molar-refractivity contribution in [2.45, 2.75) is 26.3 Å². The quantitative estimate of drug-likeness (QED) is 0.201. The second-order valence-electron chi connectivity index (χ2n) is 9.20. The number of rotatable bonds is 4. The number of pyridine rings is 1. The number of halogens is 1. The van der Waals surface area contributed by atoms with Gasteiger partial charge in [-0.2, -0.15) is 0 Å². The molecule has 1 N–H and O–H groups in total. The van der Waals surface area contributed by atoms with Crippen LogP contribution in [0.1, 0.15) is 31.1 Å². The highest BCUT2D eigenvalue weighted by Gasteiger charge is 2.20. The van der Waals surface area contributed by atoms with Crippen molar-refractivity contribution in [3.63, 3.8) is 0 Å². The fourth-order valence-corrected chi connectivity index (χ4v) is 4.30. The average molecular weight is 514 g/mol. The predicted molar refractivity (Wildman–Crippen MR) is 141 cm³/mol. The van der Waals surface area contributed by atoms with Crippen LogP contribution in [-0.2, 0) is 0 Å². The lowest BCUT2D eigenvalue weighted by molar-refractivity contribution is 0.0737. The van der Waals surface area contributed by atoms with E-state index in [-0.39, 0.29) is 11.5 Å². The molecule has 6 heteroatoms. The number of nitrogens with zero attached hydrogens (tertiary/aromatic N) is 2. The van der Waals surface area contributed by atoms with E-state index in [0.717, 1.165) is 38.0 Å². The summed E-state index contributed by atoms with van der Waals surface area (Å²) in [7, 11) is 0. The Hall–Kier alpha value is -3.64. The SMILES string of the molecule is CC(C)(C)Nc1c(-c2cccc(OC(=O)c3cccc4ccccc34)c2)nc2ccc(Br)cn12.